The quantitative estimate of drug-likeness (QED) is 0.349. The fourth-order valence-electron chi connectivity index (χ4n) is 5.82. The van der Waals surface area contributed by atoms with Gasteiger partial charge in [-0.25, -0.2) is 0 Å². The molecular weight excluding hydrogens is 534 g/mol. The molecule has 0 N–H and O–H groups in total. The molecule has 0 nitrogen and oxygen atoms in total. The molecule has 2 aliphatic rings. The predicted molar refractivity (Wildman–Crippen MR) is 134 cm³/mol. The van der Waals surface area contributed by atoms with E-state index in [9.17, 15) is 0 Å². The van der Waals surface area contributed by atoms with Crippen LogP contribution < -0.4 is 31.4 Å². The molecule has 34 heavy (non-hydrogen) atoms. The Morgan fingerprint density at radius 1 is 0.559 bits per heavy atom. The van der Waals surface area contributed by atoms with Crippen LogP contribution in [0.2, 0.25) is 0 Å². The number of fused-ring (bicyclic) bond motifs is 3. The van der Waals surface area contributed by atoms with Crippen molar-refractivity contribution in [3.05, 3.63) is 142 Å². The van der Waals surface area contributed by atoms with Gasteiger partial charge >= 0.3 is 190 Å². The van der Waals surface area contributed by atoms with Gasteiger partial charge in [-0.15, -0.1) is 0 Å². The third-order valence-corrected chi connectivity index (χ3v) is 20.2. The van der Waals surface area contributed by atoms with Crippen molar-refractivity contribution in [1.29, 1.82) is 0 Å². The summed E-state index contributed by atoms with van der Waals surface area (Å²) in [6, 6.07) is 41.1. The number of allylic oxidation sites excluding steroid dienone is 4. The minimum absolute atomic E-state index is 0. The van der Waals surface area contributed by atoms with Gasteiger partial charge in [0.15, 0.2) is 0 Å². The Bertz CT molecular complexity index is 1220. The van der Waals surface area contributed by atoms with Gasteiger partial charge in [0, 0.05) is 0 Å². The van der Waals surface area contributed by atoms with E-state index in [0.717, 1.165) is 6.42 Å². The molecule has 0 aliphatic heterocycles. The van der Waals surface area contributed by atoms with Crippen LogP contribution in [0.3, 0.4) is 0 Å². The Morgan fingerprint density at radius 2 is 1.00 bits per heavy atom. The summed E-state index contributed by atoms with van der Waals surface area (Å²) in [6.45, 7) is 0. The van der Waals surface area contributed by atoms with Gasteiger partial charge in [0.25, 0.3) is 0 Å². The first kappa shape index (κ1) is 26.4. The van der Waals surface area contributed by atoms with Crippen LogP contribution in [0.15, 0.2) is 131 Å². The second-order valence-electron chi connectivity index (χ2n) is 8.47. The molecule has 0 saturated heterocycles. The molecule has 0 bridgehead atoms. The molecule has 0 fully saturated rings. The van der Waals surface area contributed by atoms with Crippen LogP contribution >= 0.6 is 0 Å². The molecule has 0 atom stereocenters. The molecule has 0 radical (unpaired) electrons. The Balaban J connectivity index is 0.00000108. The van der Waals surface area contributed by atoms with Crippen LogP contribution in [0, 0.1) is 0 Å². The summed E-state index contributed by atoms with van der Waals surface area (Å²) < 4.78 is 5.23. The van der Waals surface area contributed by atoms with Gasteiger partial charge in [-0.05, 0) is 0 Å². The normalized spacial score (nSPS) is 13.1. The molecule has 170 valence electrons. The Labute approximate surface area is 220 Å². The first-order chi connectivity index (χ1) is 15.4. The van der Waals surface area contributed by atoms with Crippen LogP contribution in [-0.4, -0.2) is 0 Å². The maximum Gasteiger partial charge on any atom is -1.00 e. The molecule has 3 heteroatoms. The van der Waals surface area contributed by atoms with E-state index < -0.39 is 20.3 Å². The molecule has 0 amide bonds. The van der Waals surface area contributed by atoms with E-state index in [1.165, 1.54) is 22.3 Å². The summed E-state index contributed by atoms with van der Waals surface area (Å²) >= 11 is -3.47. The topological polar surface area (TPSA) is 0 Å². The molecule has 0 unspecified atom stereocenters. The van der Waals surface area contributed by atoms with Gasteiger partial charge in [0.05, 0.1) is 0 Å². The van der Waals surface area contributed by atoms with Gasteiger partial charge < -0.3 is 24.8 Å². The van der Waals surface area contributed by atoms with Gasteiger partial charge in [0.1, 0.15) is 0 Å². The van der Waals surface area contributed by atoms with E-state index in [1.54, 1.807) is 9.82 Å². The molecule has 6 rings (SSSR count). The summed E-state index contributed by atoms with van der Waals surface area (Å²) in [5.74, 6) is 0. The summed E-state index contributed by atoms with van der Waals surface area (Å²) in [7, 11) is 0. The molecule has 4 aromatic carbocycles. The fraction of sp³-hybridized carbons (Fsp3) is 0.0968. The zero-order valence-corrected chi connectivity index (χ0v) is 22.1. The van der Waals surface area contributed by atoms with Crippen molar-refractivity contribution >= 4 is 6.54 Å². The van der Waals surface area contributed by atoms with E-state index in [2.05, 4.69) is 127 Å². The van der Waals surface area contributed by atoms with E-state index in [4.69, 9.17) is 0 Å². The standard InChI is InChI=1S/C13H9.2C6H5.C5H5.CH4.2ClH.Zr/c1-3-7-12-10(5-1)9-11-6-2-4-8-13(11)12;2*1-2-4-6-5-3-1;1-2-4-5-3-1;;;;/h1-9H;2*1-5H;1-3H,4H2;1H4;2*1H;/q;;;;;;;+2/p-2. The molecule has 2 aliphatic carbocycles. The van der Waals surface area contributed by atoms with E-state index in [1.807, 2.05) is 0 Å². The van der Waals surface area contributed by atoms with Crippen molar-refractivity contribution in [1.82, 2.24) is 0 Å². The summed E-state index contributed by atoms with van der Waals surface area (Å²) in [6.07, 6.45) is 8.14. The molecular formula is C31H28Cl2Zr. The fourth-order valence-corrected chi connectivity index (χ4v) is 20.0. The van der Waals surface area contributed by atoms with Crippen LogP contribution in [0.1, 0.15) is 28.6 Å². The van der Waals surface area contributed by atoms with Crippen molar-refractivity contribution in [2.45, 2.75) is 17.5 Å². The summed E-state index contributed by atoms with van der Waals surface area (Å²) in [5, 5.41) is 0. The predicted octanol–water partition coefficient (Wildman–Crippen LogP) is 1.05. The molecule has 4 aromatic rings. The van der Waals surface area contributed by atoms with Crippen molar-refractivity contribution in [2.75, 3.05) is 0 Å². The number of halogens is 2. The number of hydrogen-bond acceptors (Lipinski definition) is 0. The smallest absolute Gasteiger partial charge is 1.00 e. The minimum atomic E-state index is -3.47. The van der Waals surface area contributed by atoms with Crippen molar-refractivity contribution < 1.29 is 45.1 Å². The third kappa shape index (κ3) is 3.99. The Hall–Kier alpha value is -2.18. The van der Waals surface area contributed by atoms with Gasteiger partial charge in [-0.2, -0.15) is 0 Å². The second kappa shape index (κ2) is 11.0. The van der Waals surface area contributed by atoms with Crippen molar-refractivity contribution in [3.8, 4) is 11.1 Å². The van der Waals surface area contributed by atoms with Crippen LogP contribution in [0.5, 0.6) is 0 Å². The molecule has 0 spiro atoms. The van der Waals surface area contributed by atoms with Crippen molar-refractivity contribution in [3.63, 3.8) is 0 Å². The zero-order chi connectivity index (χ0) is 20.7. The van der Waals surface area contributed by atoms with E-state index >= 15 is 0 Å². The monoisotopic (exact) mass is 560 g/mol. The Kier molecular flexibility index (Phi) is 8.58. The molecule has 0 saturated carbocycles. The number of benzene rings is 4. The average Bonchev–Trinajstić information content (AvgIpc) is 3.49. The Morgan fingerprint density at radius 3 is 1.44 bits per heavy atom. The van der Waals surface area contributed by atoms with E-state index in [-0.39, 0.29) is 32.2 Å². The van der Waals surface area contributed by atoms with Crippen LogP contribution in [0.25, 0.3) is 11.1 Å². The van der Waals surface area contributed by atoms with Crippen molar-refractivity contribution in [2.24, 2.45) is 0 Å². The zero-order valence-electron chi connectivity index (χ0n) is 18.2. The first-order valence-electron chi connectivity index (χ1n) is 11.1. The molecule has 0 aromatic heterocycles. The van der Waals surface area contributed by atoms with Gasteiger partial charge in [-0.3, -0.25) is 0 Å². The number of hydrogen-bond donors (Lipinski definition) is 0. The maximum atomic E-state index is 2.44. The van der Waals surface area contributed by atoms with E-state index in [0.29, 0.717) is 3.63 Å². The SMILES string of the molecule is C.C1=CC[C]([Zr+2]([c]2ccccc2)([c]2ccccc2)[CH]2c3ccccc3-c3ccccc32)=C1.[Cl-].[Cl-]. The van der Waals surface area contributed by atoms with Gasteiger partial charge in [-0.1, -0.05) is 7.43 Å². The largest absolute Gasteiger partial charge is 1.00 e. The summed E-state index contributed by atoms with van der Waals surface area (Å²) in [4.78, 5) is 0. The maximum absolute atomic E-state index is 3.47. The second-order valence-corrected chi connectivity index (χ2v) is 18.3. The van der Waals surface area contributed by atoms with Gasteiger partial charge in [0.2, 0.25) is 0 Å². The minimum Gasteiger partial charge on any atom is -1.00 e. The molecule has 0 heterocycles. The van der Waals surface area contributed by atoms with Crippen LogP contribution in [-0.2, 0) is 20.3 Å². The summed E-state index contributed by atoms with van der Waals surface area (Å²) in [5.41, 5.74) is 5.87. The third-order valence-electron chi connectivity index (χ3n) is 7.00. The first-order valence-corrected chi connectivity index (χ1v) is 16.2. The average molecular weight is 563 g/mol. The van der Waals surface area contributed by atoms with Crippen LogP contribution in [0.4, 0.5) is 0 Å². The number of rotatable bonds is 4.